The van der Waals surface area contributed by atoms with Crippen LogP contribution in [0.15, 0.2) is 24.5 Å². The highest BCUT2D eigenvalue weighted by atomic mass is 16.1. The maximum Gasteiger partial charge on any atom is 0.223 e. The van der Waals surface area contributed by atoms with Crippen LogP contribution in [0.25, 0.3) is 5.65 Å². The van der Waals surface area contributed by atoms with Crippen molar-refractivity contribution in [2.45, 2.75) is 40.2 Å². The van der Waals surface area contributed by atoms with Gasteiger partial charge in [0.25, 0.3) is 0 Å². The summed E-state index contributed by atoms with van der Waals surface area (Å²) in [7, 11) is 0. The smallest absolute Gasteiger partial charge is 0.223 e. The van der Waals surface area contributed by atoms with Gasteiger partial charge in [0.05, 0.1) is 12.2 Å². The number of imidazole rings is 1. The van der Waals surface area contributed by atoms with E-state index in [-0.39, 0.29) is 11.8 Å². The van der Waals surface area contributed by atoms with Crippen LogP contribution in [0, 0.1) is 12.8 Å². The van der Waals surface area contributed by atoms with Crippen molar-refractivity contribution in [2.75, 3.05) is 0 Å². The van der Waals surface area contributed by atoms with Crippen molar-refractivity contribution in [3.05, 3.63) is 35.8 Å². The van der Waals surface area contributed by atoms with Crippen molar-refractivity contribution in [3.8, 4) is 0 Å². The number of hydrogen-bond acceptors (Lipinski definition) is 2. The molecular formula is C15H21N3O. The van der Waals surface area contributed by atoms with E-state index in [0.29, 0.717) is 6.54 Å². The van der Waals surface area contributed by atoms with Crippen LogP contribution in [0.1, 0.15) is 37.9 Å². The van der Waals surface area contributed by atoms with Crippen molar-refractivity contribution in [1.82, 2.24) is 14.7 Å². The second-order valence-corrected chi connectivity index (χ2v) is 4.93. The minimum Gasteiger partial charge on any atom is -0.350 e. The standard InChI is InChI=1S/C15H21N3O/c1-4-12(5-2)15(19)16-9-13-10-18-7-6-11(3)8-14(18)17-13/h6-8,10,12H,4-5,9H2,1-3H3,(H,16,19). The van der Waals surface area contributed by atoms with Crippen molar-refractivity contribution in [1.29, 1.82) is 0 Å². The summed E-state index contributed by atoms with van der Waals surface area (Å²) < 4.78 is 1.98. The quantitative estimate of drug-likeness (QED) is 0.897. The van der Waals surface area contributed by atoms with Crippen LogP contribution < -0.4 is 5.32 Å². The molecule has 0 spiro atoms. The molecule has 0 aliphatic heterocycles. The molecule has 1 N–H and O–H groups in total. The Kier molecular flexibility index (Phi) is 4.20. The molecule has 0 fully saturated rings. The molecule has 2 heterocycles. The van der Waals surface area contributed by atoms with E-state index >= 15 is 0 Å². The van der Waals surface area contributed by atoms with Crippen molar-refractivity contribution >= 4 is 11.6 Å². The number of carbonyl (C=O) groups excluding carboxylic acids is 1. The molecular weight excluding hydrogens is 238 g/mol. The fourth-order valence-electron chi connectivity index (χ4n) is 2.20. The van der Waals surface area contributed by atoms with Gasteiger partial charge in [-0.2, -0.15) is 0 Å². The molecule has 19 heavy (non-hydrogen) atoms. The highest BCUT2D eigenvalue weighted by Gasteiger charge is 2.13. The van der Waals surface area contributed by atoms with Crippen LogP contribution >= 0.6 is 0 Å². The first-order valence-electron chi connectivity index (χ1n) is 6.86. The van der Waals surface area contributed by atoms with E-state index in [2.05, 4.69) is 10.3 Å². The third-order valence-corrected chi connectivity index (χ3v) is 3.47. The molecule has 0 unspecified atom stereocenters. The number of amides is 1. The minimum atomic E-state index is 0.110. The maximum atomic E-state index is 11.9. The van der Waals surface area contributed by atoms with Crippen LogP contribution in [0.3, 0.4) is 0 Å². The molecule has 2 rings (SSSR count). The summed E-state index contributed by atoms with van der Waals surface area (Å²) in [4.78, 5) is 16.4. The SMILES string of the molecule is CCC(CC)C(=O)NCc1cn2ccc(C)cc2n1. The van der Waals surface area contributed by atoms with Crippen molar-refractivity contribution in [3.63, 3.8) is 0 Å². The largest absolute Gasteiger partial charge is 0.350 e. The average Bonchev–Trinajstić information content (AvgIpc) is 2.79. The molecule has 4 heteroatoms. The summed E-state index contributed by atoms with van der Waals surface area (Å²) in [6.45, 7) is 6.63. The maximum absolute atomic E-state index is 11.9. The molecule has 102 valence electrons. The molecule has 0 aliphatic rings. The number of hydrogen-bond donors (Lipinski definition) is 1. The van der Waals surface area contributed by atoms with Crippen molar-refractivity contribution in [2.24, 2.45) is 5.92 Å². The summed E-state index contributed by atoms with van der Waals surface area (Å²) in [6, 6.07) is 4.08. The van der Waals surface area contributed by atoms with Gasteiger partial charge in [0.15, 0.2) is 0 Å². The second-order valence-electron chi connectivity index (χ2n) is 4.93. The first-order chi connectivity index (χ1) is 9.13. The first kappa shape index (κ1) is 13.6. The Bertz CT molecular complexity index is 570. The van der Waals surface area contributed by atoms with E-state index in [1.54, 1.807) is 0 Å². The van der Waals surface area contributed by atoms with Crippen LogP contribution in [0.2, 0.25) is 0 Å². The molecule has 0 bridgehead atoms. The highest BCUT2D eigenvalue weighted by molar-refractivity contribution is 5.78. The van der Waals surface area contributed by atoms with Crippen LogP contribution in [-0.2, 0) is 11.3 Å². The molecule has 0 saturated carbocycles. The zero-order valence-corrected chi connectivity index (χ0v) is 11.8. The molecule has 0 atom stereocenters. The highest BCUT2D eigenvalue weighted by Crippen LogP contribution is 2.09. The molecule has 0 saturated heterocycles. The number of aryl methyl sites for hydroxylation is 1. The van der Waals surface area contributed by atoms with Gasteiger partial charge in [0, 0.05) is 18.3 Å². The van der Waals surface area contributed by atoms with Crippen LogP contribution in [-0.4, -0.2) is 15.3 Å². The van der Waals surface area contributed by atoms with Crippen LogP contribution in [0.5, 0.6) is 0 Å². The number of nitrogens with one attached hydrogen (secondary N) is 1. The summed E-state index contributed by atoms with van der Waals surface area (Å²) in [5.74, 6) is 0.234. The Hall–Kier alpha value is -1.84. The van der Waals surface area contributed by atoms with E-state index in [1.807, 2.05) is 49.7 Å². The van der Waals surface area contributed by atoms with Crippen molar-refractivity contribution < 1.29 is 4.79 Å². The molecule has 2 aromatic rings. The van der Waals surface area contributed by atoms with Gasteiger partial charge in [0.2, 0.25) is 5.91 Å². The number of pyridine rings is 1. The molecule has 0 radical (unpaired) electrons. The summed E-state index contributed by atoms with van der Waals surface area (Å²) >= 11 is 0. The summed E-state index contributed by atoms with van der Waals surface area (Å²) in [5, 5.41) is 2.96. The lowest BCUT2D eigenvalue weighted by atomic mass is 10.0. The van der Waals surface area contributed by atoms with E-state index in [1.165, 1.54) is 5.56 Å². The van der Waals surface area contributed by atoms with Crippen LogP contribution in [0.4, 0.5) is 0 Å². The Morgan fingerprint density at radius 1 is 1.42 bits per heavy atom. The van der Waals surface area contributed by atoms with Gasteiger partial charge in [-0.15, -0.1) is 0 Å². The lowest BCUT2D eigenvalue weighted by Crippen LogP contribution is -2.29. The molecule has 0 aliphatic carbocycles. The second kappa shape index (κ2) is 5.87. The molecule has 2 aromatic heterocycles. The average molecular weight is 259 g/mol. The number of aromatic nitrogens is 2. The topological polar surface area (TPSA) is 46.4 Å². The zero-order valence-electron chi connectivity index (χ0n) is 11.8. The summed E-state index contributed by atoms with van der Waals surface area (Å²) in [5.41, 5.74) is 3.00. The Morgan fingerprint density at radius 2 is 2.16 bits per heavy atom. The number of nitrogens with zero attached hydrogens (tertiary/aromatic N) is 2. The van der Waals surface area contributed by atoms with Gasteiger partial charge in [-0.25, -0.2) is 4.98 Å². The van der Waals surface area contributed by atoms with E-state index in [4.69, 9.17) is 0 Å². The number of fused-ring (bicyclic) bond motifs is 1. The third kappa shape index (κ3) is 3.13. The molecule has 1 amide bonds. The monoisotopic (exact) mass is 259 g/mol. The molecule has 0 aromatic carbocycles. The molecule has 4 nitrogen and oxygen atoms in total. The zero-order chi connectivity index (χ0) is 13.8. The first-order valence-corrected chi connectivity index (χ1v) is 6.86. The summed E-state index contributed by atoms with van der Waals surface area (Å²) in [6.07, 6.45) is 5.71. The minimum absolute atomic E-state index is 0.110. The Labute approximate surface area is 113 Å². The predicted molar refractivity (Wildman–Crippen MR) is 75.8 cm³/mol. The van der Waals surface area contributed by atoms with Gasteiger partial charge < -0.3 is 9.72 Å². The van der Waals surface area contributed by atoms with Gasteiger partial charge in [-0.3, -0.25) is 4.79 Å². The van der Waals surface area contributed by atoms with E-state index in [9.17, 15) is 4.79 Å². The number of carbonyl (C=O) groups is 1. The van der Waals surface area contributed by atoms with E-state index in [0.717, 1.165) is 24.2 Å². The fourth-order valence-corrected chi connectivity index (χ4v) is 2.20. The lowest BCUT2D eigenvalue weighted by molar-refractivity contribution is -0.125. The van der Waals surface area contributed by atoms with Gasteiger partial charge in [-0.05, 0) is 37.5 Å². The Morgan fingerprint density at radius 3 is 2.84 bits per heavy atom. The van der Waals surface area contributed by atoms with E-state index < -0.39 is 0 Å². The number of rotatable bonds is 5. The fraction of sp³-hybridized carbons (Fsp3) is 0.467. The van der Waals surface area contributed by atoms with Gasteiger partial charge in [-0.1, -0.05) is 13.8 Å². The Balaban J connectivity index is 2.03. The predicted octanol–water partition coefficient (Wildman–Crippen LogP) is 2.70. The lowest BCUT2D eigenvalue weighted by Gasteiger charge is -2.11. The van der Waals surface area contributed by atoms with Gasteiger partial charge >= 0.3 is 0 Å². The van der Waals surface area contributed by atoms with Gasteiger partial charge in [0.1, 0.15) is 5.65 Å². The third-order valence-electron chi connectivity index (χ3n) is 3.47. The normalized spacial score (nSPS) is 11.2.